The molecule has 1 aromatic rings. The smallest absolute Gasteiger partial charge is 0.274 e. The van der Waals surface area contributed by atoms with Gasteiger partial charge in [0.2, 0.25) is 0 Å². The third-order valence-electron chi connectivity index (χ3n) is 3.97. The highest BCUT2D eigenvalue weighted by Crippen LogP contribution is 2.37. The van der Waals surface area contributed by atoms with Crippen LogP contribution >= 0.6 is 0 Å². The van der Waals surface area contributed by atoms with E-state index < -0.39 is 5.79 Å². The first-order chi connectivity index (χ1) is 9.80. The molecular weight excluding hydrogens is 274 g/mol. The number of hydrogen-bond donors (Lipinski definition) is 0. The minimum atomic E-state index is -0.547. The van der Waals surface area contributed by atoms with Crippen molar-refractivity contribution in [2.75, 3.05) is 26.3 Å². The maximum absolute atomic E-state index is 12.3. The quantitative estimate of drug-likeness (QED) is 0.729. The molecule has 0 N–H and O–H groups in total. The van der Waals surface area contributed by atoms with Crippen LogP contribution < -0.4 is 5.56 Å². The first-order valence-corrected chi connectivity index (χ1v) is 6.92. The molecule has 2 aliphatic heterocycles. The van der Waals surface area contributed by atoms with Crippen molar-refractivity contribution in [3.63, 3.8) is 0 Å². The average Bonchev–Trinajstić information content (AvgIpc) is 2.39. The SMILES string of the molecule is Cn1nc(C(=O)N2CC3(COC(C)(C)OC3)C2)ccc1=O. The second-order valence-corrected chi connectivity index (χ2v) is 6.32. The van der Waals surface area contributed by atoms with E-state index in [1.54, 1.807) is 4.90 Å². The lowest BCUT2D eigenvalue weighted by atomic mass is 9.80. The molecule has 2 aliphatic rings. The number of carbonyl (C=O) groups is 1. The van der Waals surface area contributed by atoms with Crippen LogP contribution in [-0.4, -0.2) is 52.7 Å². The fourth-order valence-electron chi connectivity index (χ4n) is 2.61. The molecule has 1 amide bonds. The molecule has 0 aromatic carbocycles. The third-order valence-corrected chi connectivity index (χ3v) is 3.97. The molecule has 0 bridgehead atoms. The number of carbonyl (C=O) groups excluding carboxylic acids is 1. The van der Waals surface area contributed by atoms with Gasteiger partial charge >= 0.3 is 0 Å². The van der Waals surface area contributed by atoms with Gasteiger partial charge in [0.25, 0.3) is 11.5 Å². The second-order valence-electron chi connectivity index (χ2n) is 6.32. The third kappa shape index (κ3) is 2.58. The molecule has 3 heterocycles. The van der Waals surface area contributed by atoms with E-state index in [1.165, 1.54) is 19.2 Å². The molecule has 7 heteroatoms. The van der Waals surface area contributed by atoms with E-state index >= 15 is 0 Å². The summed E-state index contributed by atoms with van der Waals surface area (Å²) in [6, 6.07) is 2.82. The van der Waals surface area contributed by atoms with Crippen LogP contribution in [0, 0.1) is 5.41 Å². The summed E-state index contributed by atoms with van der Waals surface area (Å²) in [5, 5.41) is 3.98. The summed E-state index contributed by atoms with van der Waals surface area (Å²) in [6.07, 6.45) is 0. The van der Waals surface area contributed by atoms with Gasteiger partial charge in [0.05, 0.1) is 18.6 Å². The van der Waals surface area contributed by atoms with Gasteiger partial charge in [0.15, 0.2) is 5.79 Å². The highest BCUT2D eigenvalue weighted by molar-refractivity contribution is 5.92. The molecule has 0 radical (unpaired) electrons. The first kappa shape index (κ1) is 14.2. The maximum atomic E-state index is 12.3. The molecule has 7 nitrogen and oxygen atoms in total. The van der Waals surface area contributed by atoms with Crippen molar-refractivity contribution in [2.45, 2.75) is 19.6 Å². The van der Waals surface area contributed by atoms with E-state index in [4.69, 9.17) is 9.47 Å². The first-order valence-electron chi connectivity index (χ1n) is 6.92. The van der Waals surface area contributed by atoms with Crippen LogP contribution in [0.3, 0.4) is 0 Å². The van der Waals surface area contributed by atoms with E-state index in [1.807, 2.05) is 13.8 Å². The van der Waals surface area contributed by atoms with Crippen LogP contribution in [0.1, 0.15) is 24.3 Å². The van der Waals surface area contributed by atoms with Crippen molar-refractivity contribution in [1.29, 1.82) is 0 Å². The number of nitrogens with zero attached hydrogens (tertiary/aromatic N) is 3. The van der Waals surface area contributed by atoms with E-state index in [2.05, 4.69) is 5.10 Å². The van der Waals surface area contributed by atoms with Gasteiger partial charge in [-0.2, -0.15) is 5.10 Å². The molecule has 0 unspecified atom stereocenters. The van der Waals surface area contributed by atoms with Gasteiger partial charge in [0.1, 0.15) is 5.69 Å². The monoisotopic (exact) mass is 293 g/mol. The molecular formula is C14H19N3O4. The molecule has 114 valence electrons. The summed E-state index contributed by atoms with van der Waals surface area (Å²) >= 11 is 0. The zero-order valence-corrected chi connectivity index (χ0v) is 12.5. The summed E-state index contributed by atoms with van der Waals surface area (Å²) in [6.45, 7) is 6.12. The summed E-state index contributed by atoms with van der Waals surface area (Å²) in [5.74, 6) is -0.712. The Kier molecular flexibility index (Phi) is 3.14. The Morgan fingerprint density at radius 2 is 1.86 bits per heavy atom. The Balaban J connectivity index is 1.65. The largest absolute Gasteiger partial charge is 0.350 e. The van der Waals surface area contributed by atoms with Crippen molar-refractivity contribution >= 4 is 5.91 Å². The van der Waals surface area contributed by atoms with Gasteiger partial charge in [-0.05, 0) is 19.9 Å². The topological polar surface area (TPSA) is 73.7 Å². The zero-order chi connectivity index (χ0) is 15.3. The second kappa shape index (κ2) is 4.64. The molecule has 1 spiro atoms. The number of likely N-dealkylation sites (tertiary alicyclic amines) is 1. The standard InChI is InChI=1S/C14H19N3O4/c1-13(2)20-8-14(9-21-13)6-17(7-14)12(19)10-4-5-11(18)16(3)15-10/h4-5H,6-9H2,1-3H3. The predicted octanol–water partition coefficient (Wildman–Crippen LogP) is 0.00540. The average molecular weight is 293 g/mol. The van der Waals surface area contributed by atoms with Gasteiger partial charge in [-0.15, -0.1) is 0 Å². The lowest BCUT2D eigenvalue weighted by Crippen LogP contribution is -2.66. The zero-order valence-electron chi connectivity index (χ0n) is 12.5. The van der Waals surface area contributed by atoms with Crippen LogP contribution in [0.2, 0.25) is 0 Å². The van der Waals surface area contributed by atoms with Crippen LogP contribution in [-0.2, 0) is 16.5 Å². The number of aryl methyl sites for hydroxylation is 1. The molecule has 3 rings (SSSR count). The van der Waals surface area contributed by atoms with Crippen molar-refractivity contribution in [3.8, 4) is 0 Å². The highest BCUT2D eigenvalue weighted by Gasteiger charge is 2.50. The molecule has 0 aliphatic carbocycles. The Labute approximate surface area is 122 Å². The van der Waals surface area contributed by atoms with Crippen LogP contribution in [0.4, 0.5) is 0 Å². The van der Waals surface area contributed by atoms with Gasteiger partial charge in [-0.3, -0.25) is 9.59 Å². The predicted molar refractivity (Wildman–Crippen MR) is 73.8 cm³/mol. The van der Waals surface area contributed by atoms with Gasteiger partial charge in [-0.25, -0.2) is 4.68 Å². The molecule has 1 aromatic heterocycles. The minimum Gasteiger partial charge on any atom is -0.350 e. The van der Waals surface area contributed by atoms with Crippen LogP contribution in [0.5, 0.6) is 0 Å². The van der Waals surface area contributed by atoms with E-state index in [9.17, 15) is 9.59 Å². The Morgan fingerprint density at radius 1 is 1.24 bits per heavy atom. The van der Waals surface area contributed by atoms with Crippen LogP contribution in [0.25, 0.3) is 0 Å². The normalized spacial score (nSPS) is 22.9. The molecule has 2 saturated heterocycles. The molecule has 21 heavy (non-hydrogen) atoms. The molecule has 0 atom stereocenters. The molecule has 0 saturated carbocycles. The van der Waals surface area contributed by atoms with E-state index in [-0.39, 0.29) is 22.6 Å². The summed E-state index contributed by atoms with van der Waals surface area (Å²) in [7, 11) is 1.53. The lowest BCUT2D eigenvalue weighted by Gasteiger charge is -2.53. The van der Waals surface area contributed by atoms with Crippen molar-refractivity contribution in [3.05, 3.63) is 28.2 Å². The van der Waals surface area contributed by atoms with E-state index in [0.29, 0.717) is 26.3 Å². The van der Waals surface area contributed by atoms with Gasteiger partial charge in [0, 0.05) is 26.2 Å². The fraction of sp³-hybridized carbons (Fsp3) is 0.643. The Morgan fingerprint density at radius 3 is 2.43 bits per heavy atom. The number of aromatic nitrogens is 2. The number of ether oxygens (including phenoxy) is 2. The van der Waals surface area contributed by atoms with Crippen LogP contribution in [0.15, 0.2) is 16.9 Å². The van der Waals surface area contributed by atoms with Crippen molar-refractivity contribution in [1.82, 2.24) is 14.7 Å². The summed E-state index contributed by atoms with van der Waals surface area (Å²) in [4.78, 5) is 25.3. The van der Waals surface area contributed by atoms with E-state index in [0.717, 1.165) is 4.68 Å². The number of amides is 1. The highest BCUT2D eigenvalue weighted by atomic mass is 16.7. The van der Waals surface area contributed by atoms with Crippen molar-refractivity contribution in [2.24, 2.45) is 12.5 Å². The summed E-state index contributed by atoms with van der Waals surface area (Å²) < 4.78 is 12.5. The minimum absolute atomic E-state index is 0.105. The van der Waals surface area contributed by atoms with Gasteiger partial charge < -0.3 is 14.4 Å². The summed E-state index contributed by atoms with van der Waals surface area (Å²) in [5.41, 5.74) is -0.0564. The van der Waals surface area contributed by atoms with Gasteiger partial charge in [-0.1, -0.05) is 0 Å². The Hall–Kier alpha value is -1.73. The van der Waals surface area contributed by atoms with Crippen molar-refractivity contribution < 1.29 is 14.3 Å². The maximum Gasteiger partial charge on any atom is 0.274 e. The lowest BCUT2D eigenvalue weighted by molar-refractivity contribution is -0.301. The Bertz CT molecular complexity index is 619. The number of rotatable bonds is 1. The molecule has 2 fully saturated rings. The number of hydrogen-bond acceptors (Lipinski definition) is 5. The fourth-order valence-corrected chi connectivity index (χ4v) is 2.61.